The third-order valence-corrected chi connectivity index (χ3v) is 7.74. The number of nitrogens with one attached hydrogen (secondary N) is 1. The van der Waals surface area contributed by atoms with Crippen molar-refractivity contribution in [1.82, 2.24) is 10.2 Å². The fraction of sp³-hybridized carbons (Fsp3) is 0.462. The van der Waals surface area contributed by atoms with Crippen molar-refractivity contribution in [1.29, 1.82) is 0 Å². The Balaban J connectivity index is 1.74. The average Bonchev–Trinajstić information content (AvgIpc) is 3.29. The average molecular weight is 508 g/mol. The molecule has 1 saturated carbocycles. The second-order valence-corrected chi connectivity index (χ2v) is 10.4. The van der Waals surface area contributed by atoms with E-state index in [9.17, 15) is 9.59 Å². The molecule has 0 radical (unpaired) electrons. The molecular weight excluding hydrogens is 475 g/mol. The summed E-state index contributed by atoms with van der Waals surface area (Å²) >= 11 is 14.0. The highest BCUT2D eigenvalue weighted by molar-refractivity contribution is 7.99. The van der Waals surface area contributed by atoms with Crippen LogP contribution in [0.4, 0.5) is 0 Å². The molecule has 0 unspecified atom stereocenters. The van der Waals surface area contributed by atoms with E-state index in [2.05, 4.69) is 24.4 Å². The van der Waals surface area contributed by atoms with Crippen molar-refractivity contribution in [3.63, 3.8) is 0 Å². The Labute approximate surface area is 211 Å². The van der Waals surface area contributed by atoms with Crippen molar-refractivity contribution >= 4 is 46.8 Å². The van der Waals surface area contributed by atoms with Crippen molar-refractivity contribution < 1.29 is 9.59 Å². The summed E-state index contributed by atoms with van der Waals surface area (Å²) < 4.78 is 0. The van der Waals surface area contributed by atoms with Gasteiger partial charge in [0.25, 0.3) is 0 Å². The lowest BCUT2D eigenvalue weighted by Crippen LogP contribution is -2.51. The van der Waals surface area contributed by atoms with Gasteiger partial charge in [-0.05, 0) is 55.0 Å². The summed E-state index contributed by atoms with van der Waals surface area (Å²) in [6.45, 7) is 4.30. The highest BCUT2D eigenvalue weighted by Crippen LogP contribution is 2.25. The fourth-order valence-electron chi connectivity index (χ4n) is 4.22. The minimum Gasteiger partial charge on any atom is -0.352 e. The molecule has 178 valence electrons. The molecule has 1 aliphatic carbocycles. The van der Waals surface area contributed by atoms with Crippen LogP contribution in [0.1, 0.15) is 55.7 Å². The highest BCUT2D eigenvalue weighted by atomic mass is 35.5. The first-order chi connectivity index (χ1) is 15.9. The Bertz CT molecular complexity index is 963. The third kappa shape index (κ3) is 7.40. The Morgan fingerprint density at radius 1 is 1.12 bits per heavy atom. The van der Waals surface area contributed by atoms with E-state index in [4.69, 9.17) is 23.2 Å². The molecule has 33 heavy (non-hydrogen) atoms. The number of carbonyl (C=O) groups is 2. The van der Waals surface area contributed by atoms with Gasteiger partial charge in [0.1, 0.15) is 6.04 Å². The molecule has 4 nitrogen and oxygen atoms in total. The lowest BCUT2D eigenvalue weighted by Gasteiger charge is -2.31. The van der Waals surface area contributed by atoms with Gasteiger partial charge in [-0.15, -0.1) is 11.8 Å². The molecule has 0 aromatic heterocycles. The summed E-state index contributed by atoms with van der Waals surface area (Å²) in [5.41, 5.74) is 3.21. The van der Waals surface area contributed by atoms with Crippen LogP contribution < -0.4 is 5.32 Å². The molecule has 7 heteroatoms. The van der Waals surface area contributed by atoms with Crippen LogP contribution in [0.3, 0.4) is 0 Å². The predicted molar refractivity (Wildman–Crippen MR) is 139 cm³/mol. The summed E-state index contributed by atoms with van der Waals surface area (Å²) in [6.07, 6.45) is 4.83. The van der Waals surface area contributed by atoms with E-state index < -0.39 is 6.04 Å². The molecule has 2 aromatic carbocycles. The van der Waals surface area contributed by atoms with Crippen LogP contribution in [0.5, 0.6) is 0 Å². The monoisotopic (exact) mass is 506 g/mol. The Kier molecular flexibility index (Phi) is 9.96. The molecule has 2 aromatic rings. The van der Waals surface area contributed by atoms with Gasteiger partial charge in [0, 0.05) is 28.4 Å². The van der Waals surface area contributed by atoms with Gasteiger partial charge in [-0.2, -0.15) is 0 Å². The molecule has 0 heterocycles. The Morgan fingerprint density at radius 2 is 1.85 bits per heavy atom. The molecular formula is C26H32Cl2N2O2S. The lowest BCUT2D eigenvalue weighted by molar-refractivity contribution is -0.139. The second kappa shape index (κ2) is 12.7. The number of amides is 2. The topological polar surface area (TPSA) is 49.4 Å². The maximum absolute atomic E-state index is 13.4. The van der Waals surface area contributed by atoms with E-state index in [-0.39, 0.29) is 24.4 Å². The second-order valence-electron chi connectivity index (χ2n) is 8.59. The number of hydrogen-bond acceptors (Lipinski definition) is 3. The lowest BCUT2D eigenvalue weighted by atomic mass is 10.1. The van der Waals surface area contributed by atoms with Crippen LogP contribution in [0.2, 0.25) is 10.0 Å². The Morgan fingerprint density at radius 3 is 2.52 bits per heavy atom. The molecule has 1 N–H and O–H groups in total. The van der Waals surface area contributed by atoms with Crippen molar-refractivity contribution in [3.05, 3.63) is 69.2 Å². The molecule has 0 bridgehead atoms. The summed E-state index contributed by atoms with van der Waals surface area (Å²) in [4.78, 5) is 28.3. The molecule has 0 spiro atoms. The highest BCUT2D eigenvalue weighted by Gasteiger charge is 2.30. The summed E-state index contributed by atoms with van der Waals surface area (Å²) in [5.74, 6) is 0.908. The number of benzene rings is 2. The van der Waals surface area contributed by atoms with Gasteiger partial charge in [-0.1, -0.05) is 73.3 Å². The first-order valence-electron chi connectivity index (χ1n) is 11.5. The van der Waals surface area contributed by atoms with E-state index in [1.54, 1.807) is 28.8 Å². The maximum atomic E-state index is 13.4. The number of halogens is 2. The van der Waals surface area contributed by atoms with Crippen LogP contribution >= 0.6 is 35.0 Å². The van der Waals surface area contributed by atoms with Gasteiger partial charge in [-0.25, -0.2) is 0 Å². The van der Waals surface area contributed by atoms with Gasteiger partial charge in [0.15, 0.2) is 0 Å². The zero-order valence-corrected chi connectivity index (χ0v) is 21.6. The molecule has 0 saturated heterocycles. The number of thioether (sulfide) groups is 1. The van der Waals surface area contributed by atoms with Crippen LogP contribution in [-0.4, -0.2) is 34.6 Å². The predicted octanol–water partition coefficient (Wildman–Crippen LogP) is 6.40. The molecule has 1 aliphatic rings. The number of aryl methyl sites for hydroxylation is 1. The summed E-state index contributed by atoms with van der Waals surface area (Å²) in [6, 6.07) is 13.1. The molecule has 2 amide bonds. The van der Waals surface area contributed by atoms with E-state index in [1.165, 1.54) is 11.1 Å². The first kappa shape index (κ1) is 25.9. The summed E-state index contributed by atoms with van der Waals surface area (Å²) in [7, 11) is 0. The maximum Gasteiger partial charge on any atom is 0.243 e. The van der Waals surface area contributed by atoms with Gasteiger partial charge >= 0.3 is 0 Å². The van der Waals surface area contributed by atoms with Crippen molar-refractivity contribution in [2.75, 3.05) is 5.75 Å². The van der Waals surface area contributed by atoms with Gasteiger partial charge in [-0.3, -0.25) is 9.59 Å². The standard InChI is InChI=1S/C26H32Cl2N2O2S/c1-3-24(26(32)29-22-10-6-7-11-22)30(15-19-12-13-21(27)14-23(19)28)25(31)17-33-16-20-9-5-4-8-18(20)2/h4-5,8-9,12-14,22,24H,3,6-7,10-11,15-17H2,1-2H3,(H,29,32)/t24-/m0/s1. The minimum absolute atomic E-state index is 0.0620. The Hall–Kier alpha value is -1.69. The molecule has 1 atom stereocenters. The van der Waals surface area contributed by atoms with Crippen molar-refractivity contribution in [3.8, 4) is 0 Å². The van der Waals surface area contributed by atoms with E-state index in [0.717, 1.165) is 37.0 Å². The van der Waals surface area contributed by atoms with Crippen molar-refractivity contribution in [2.45, 2.75) is 70.3 Å². The van der Waals surface area contributed by atoms with E-state index in [1.807, 2.05) is 25.1 Å². The molecule has 0 aliphatic heterocycles. The smallest absolute Gasteiger partial charge is 0.243 e. The van der Waals surface area contributed by atoms with Crippen molar-refractivity contribution in [2.24, 2.45) is 0 Å². The van der Waals surface area contributed by atoms with Gasteiger partial charge in [0.05, 0.1) is 5.75 Å². The van der Waals surface area contributed by atoms with Crippen LogP contribution in [0, 0.1) is 6.92 Å². The SMILES string of the molecule is CC[C@@H](C(=O)NC1CCCC1)N(Cc1ccc(Cl)cc1Cl)C(=O)CSCc1ccccc1C. The molecule has 3 rings (SSSR count). The minimum atomic E-state index is -0.538. The van der Waals surface area contributed by atoms with Crippen LogP contribution in [0.15, 0.2) is 42.5 Å². The van der Waals surface area contributed by atoms with Crippen LogP contribution in [-0.2, 0) is 21.9 Å². The normalized spacial score (nSPS) is 14.8. The fourth-order valence-corrected chi connectivity index (χ4v) is 5.68. The number of hydrogen-bond donors (Lipinski definition) is 1. The number of rotatable bonds is 10. The third-order valence-electron chi connectivity index (χ3n) is 6.19. The van der Waals surface area contributed by atoms with Crippen LogP contribution in [0.25, 0.3) is 0 Å². The zero-order chi connectivity index (χ0) is 23.8. The zero-order valence-electron chi connectivity index (χ0n) is 19.3. The van der Waals surface area contributed by atoms with Gasteiger partial charge < -0.3 is 10.2 Å². The molecule has 1 fully saturated rings. The van der Waals surface area contributed by atoms with E-state index in [0.29, 0.717) is 22.2 Å². The summed E-state index contributed by atoms with van der Waals surface area (Å²) in [5, 5.41) is 4.21. The quantitative estimate of drug-likeness (QED) is 0.405. The van der Waals surface area contributed by atoms with Gasteiger partial charge in [0.2, 0.25) is 11.8 Å². The number of nitrogens with zero attached hydrogens (tertiary/aromatic N) is 1. The van der Waals surface area contributed by atoms with E-state index >= 15 is 0 Å². The largest absolute Gasteiger partial charge is 0.352 e. The number of carbonyl (C=O) groups excluding carboxylic acids is 2. The first-order valence-corrected chi connectivity index (χ1v) is 13.5.